The van der Waals surface area contributed by atoms with Crippen molar-refractivity contribution in [2.24, 2.45) is 11.3 Å². The molecule has 0 aromatic heterocycles. The highest BCUT2D eigenvalue weighted by atomic mass is 16.6. The maximum atomic E-state index is 14.1. The van der Waals surface area contributed by atoms with E-state index in [1.54, 1.807) is 4.90 Å². The van der Waals surface area contributed by atoms with Gasteiger partial charge in [0.2, 0.25) is 0 Å². The molecule has 0 saturated heterocycles. The van der Waals surface area contributed by atoms with Gasteiger partial charge in [-0.2, -0.15) is 0 Å². The van der Waals surface area contributed by atoms with E-state index in [9.17, 15) is 19.8 Å². The summed E-state index contributed by atoms with van der Waals surface area (Å²) in [4.78, 5) is 28.7. The Labute approximate surface area is 247 Å². The van der Waals surface area contributed by atoms with Gasteiger partial charge in [0.25, 0.3) is 0 Å². The van der Waals surface area contributed by atoms with Crippen LogP contribution in [-0.4, -0.2) is 58.4 Å². The fraction of sp³-hybridized carbons (Fsp3) is 0.714. The number of aliphatic hydroxyl groups is 2. The molecule has 0 heterocycles. The molecule has 6 nitrogen and oxygen atoms in total. The zero-order valence-corrected chi connectivity index (χ0v) is 25.9. The van der Waals surface area contributed by atoms with Crippen LogP contribution in [0.1, 0.15) is 132 Å². The zero-order valence-electron chi connectivity index (χ0n) is 25.9. The van der Waals surface area contributed by atoms with E-state index in [0.29, 0.717) is 32.4 Å². The number of carbonyl (C=O) groups excluding carboxylic acids is 2. The van der Waals surface area contributed by atoms with E-state index in [1.165, 1.54) is 12.0 Å². The number of nitrogens with zero attached hydrogens (tertiary/aromatic N) is 1. The third kappa shape index (κ3) is 7.07. The standard InChI is InChI=1S/C35H53NO5/c1-5-21-36(33(39)41-6-2)24-35(40)20-18-31-29-17-15-26(23-30(29)32(38)27-12-8-7-9-13-27)22-28(37)16-14-25(3)11-10-19-34(31,35)4/h11,15,17,23,27-28,31,37,40H,5-10,12-14,16,18-22,24H2,1-4H3. The van der Waals surface area contributed by atoms with Gasteiger partial charge in [-0.3, -0.25) is 4.79 Å². The summed E-state index contributed by atoms with van der Waals surface area (Å²) in [5.41, 5.74) is 2.43. The second-order valence-electron chi connectivity index (χ2n) is 13.3. The third-order valence-electron chi connectivity index (χ3n) is 10.4. The second kappa shape index (κ2) is 13.9. The molecule has 5 rings (SSSR count). The van der Waals surface area contributed by atoms with Gasteiger partial charge in [-0.25, -0.2) is 4.79 Å². The molecule has 2 fully saturated rings. The highest BCUT2D eigenvalue weighted by molar-refractivity contribution is 5.99. The van der Waals surface area contributed by atoms with Crippen LogP contribution in [-0.2, 0) is 11.2 Å². The maximum Gasteiger partial charge on any atom is 0.409 e. The maximum absolute atomic E-state index is 14.1. The van der Waals surface area contributed by atoms with Crippen LogP contribution in [0.4, 0.5) is 4.79 Å². The van der Waals surface area contributed by atoms with E-state index in [1.807, 2.05) is 13.8 Å². The lowest BCUT2D eigenvalue weighted by Crippen LogP contribution is -2.54. The smallest absolute Gasteiger partial charge is 0.409 e. The minimum Gasteiger partial charge on any atom is -0.450 e. The lowest BCUT2D eigenvalue weighted by molar-refractivity contribution is -0.0809. The number of carbonyl (C=O) groups is 2. The van der Waals surface area contributed by atoms with Crippen LogP contribution in [0.5, 0.6) is 0 Å². The molecule has 0 radical (unpaired) electrons. The van der Waals surface area contributed by atoms with E-state index in [4.69, 9.17) is 4.74 Å². The van der Waals surface area contributed by atoms with E-state index in [-0.39, 0.29) is 30.3 Å². The number of ether oxygens (including phenoxy) is 1. The summed E-state index contributed by atoms with van der Waals surface area (Å²) in [5.74, 6) is 0.259. The Hall–Kier alpha value is -2.18. The van der Waals surface area contributed by atoms with Gasteiger partial charge in [-0.1, -0.05) is 56.9 Å². The average Bonchev–Trinajstić information content (AvgIpc) is 3.21. The first-order chi connectivity index (χ1) is 19.6. The van der Waals surface area contributed by atoms with Crippen LogP contribution >= 0.6 is 0 Å². The average molecular weight is 568 g/mol. The number of allylic oxidation sites excluding steroid dienone is 2. The molecule has 4 atom stereocenters. The van der Waals surface area contributed by atoms with E-state index < -0.39 is 17.1 Å². The molecule has 1 aromatic carbocycles. The van der Waals surface area contributed by atoms with Crippen LogP contribution < -0.4 is 0 Å². The van der Waals surface area contributed by atoms with Crippen molar-refractivity contribution >= 4 is 11.9 Å². The van der Waals surface area contributed by atoms with Gasteiger partial charge in [-0.15, -0.1) is 0 Å². The minimum absolute atomic E-state index is 0.0173. The van der Waals surface area contributed by atoms with Crippen molar-refractivity contribution in [2.75, 3.05) is 19.7 Å². The van der Waals surface area contributed by atoms with Crippen molar-refractivity contribution in [3.63, 3.8) is 0 Å². The van der Waals surface area contributed by atoms with Gasteiger partial charge in [0.15, 0.2) is 5.78 Å². The Morgan fingerprint density at radius 3 is 2.54 bits per heavy atom. The Bertz CT molecular complexity index is 1090. The first-order valence-electron chi connectivity index (χ1n) is 16.3. The first-order valence-corrected chi connectivity index (χ1v) is 16.3. The topological polar surface area (TPSA) is 87.1 Å². The normalized spacial score (nSPS) is 29.4. The number of aliphatic hydroxyl groups excluding tert-OH is 1. The molecule has 0 spiro atoms. The molecule has 228 valence electrons. The molecule has 4 aliphatic carbocycles. The van der Waals surface area contributed by atoms with Crippen LogP contribution in [0.3, 0.4) is 0 Å². The first kappa shape index (κ1) is 31.7. The predicted molar refractivity (Wildman–Crippen MR) is 163 cm³/mol. The summed E-state index contributed by atoms with van der Waals surface area (Å²) >= 11 is 0. The summed E-state index contributed by atoms with van der Waals surface area (Å²) in [7, 11) is 0. The van der Waals surface area contributed by atoms with Crippen molar-refractivity contribution in [1.82, 2.24) is 4.90 Å². The Morgan fingerprint density at radius 2 is 1.83 bits per heavy atom. The number of rotatable bonds is 7. The fourth-order valence-electron chi connectivity index (χ4n) is 7.83. The molecule has 2 N–H and O–H groups in total. The van der Waals surface area contributed by atoms with Gasteiger partial charge in [-0.05, 0) is 101 Å². The summed E-state index contributed by atoms with van der Waals surface area (Å²) < 4.78 is 5.38. The third-order valence-corrected chi connectivity index (χ3v) is 10.4. The molecule has 0 aliphatic heterocycles. The van der Waals surface area contributed by atoms with Gasteiger partial charge in [0.1, 0.15) is 0 Å². The molecule has 6 heteroatoms. The molecular formula is C35H53NO5. The lowest BCUT2D eigenvalue weighted by Gasteiger charge is -2.46. The van der Waals surface area contributed by atoms with Gasteiger partial charge < -0.3 is 19.8 Å². The molecule has 1 amide bonds. The van der Waals surface area contributed by atoms with E-state index >= 15 is 0 Å². The molecule has 4 unspecified atom stereocenters. The van der Waals surface area contributed by atoms with Crippen molar-refractivity contribution in [3.05, 3.63) is 46.5 Å². The quantitative estimate of drug-likeness (QED) is 0.266. The van der Waals surface area contributed by atoms with Crippen LogP contribution in [0, 0.1) is 11.3 Å². The number of hydrogen-bond acceptors (Lipinski definition) is 5. The minimum atomic E-state index is -1.11. The Morgan fingerprint density at radius 1 is 1.07 bits per heavy atom. The Balaban J connectivity index is 1.79. The number of amides is 1. The number of hydrogen-bond donors (Lipinski definition) is 2. The predicted octanol–water partition coefficient (Wildman–Crippen LogP) is 7.36. The van der Waals surface area contributed by atoms with Crippen molar-refractivity contribution in [3.8, 4) is 0 Å². The molecular weight excluding hydrogens is 514 g/mol. The number of ketones is 1. The molecule has 1 aromatic rings. The van der Waals surface area contributed by atoms with E-state index in [0.717, 1.165) is 74.5 Å². The van der Waals surface area contributed by atoms with Gasteiger partial charge in [0, 0.05) is 23.4 Å². The largest absolute Gasteiger partial charge is 0.450 e. The summed E-state index contributed by atoms with van der Waals surface area (Å²) in [6, 6.07) is 6.27. The SMILES string of the molecule is CCCN(CC1(O)CCC2c3ccc(cc3C(=O)C3CCCCC3)CC(O)CCC(C)=CCCC21C)C(=O)OCC. The summed E-state index contributed by atoms with van der Waals surface area (Å²) in [6.45, 7) is 9.21. The number of benzene rings is 1. The lowest BCUT2D eigenvalue weighted by atomic mass is 9.64. The fourth-order valence-corrected chi connectivity index (χ4v) is 7.83. The molecule has 2 saturated carbocycles. The highest BCUT2D eigenvalue weighted by Crippen LogP contribution is 2.59. The van der Waals surface area contributed by atoms with Crippen molar-refractivity contribution in [2.45, 2.75) is 129 Å². The van der Waals surface area contributed by atoms with Crippen LogP contribution in [0.2, 0.25) is 0 Å². The zero-order chi connectivity index (χ0) is 29.6. The second-order valence-corrected chi connectivity index (χ2v) is 13.3. The molecule has 2 bridgehead atoms. The van der Waals surface area contributed by atoms with Crippen molar-refractivity contribution in [1.29, 1.82) is 0 Å². The van der Waals surface area contributed by atoms with Crippen LogP contribution in [0.25, 0.3) is 0 Å². The monoisotopic (exact) mass is 567 g/mol. The van der Waals surface area contributed by atoms with E-state index in [2.05, 4.69) is 38.1 Å². The number of Topliss-reactive ketones (excluding diaryl/α,β-unsaturated/α-hetero) is 1. The van der Waals surface area contributed by atoms with Gasteiger partial charge in [0.05, 0.1) is 24.9 Å². The van der Waals surface area contributed by atoms with Crippen molar-refractivity contribution < 1.29 is 24.5 Å². The summed E-state index contributed by atoms with van der Waals surface area (Å²) in [5, 5.41) is 23.3. The molecule has 41 heavy (non-hydrogen) atoms. The van der Waals surface area contributed by atoms with Gasteiger partial charge >= 0.3 is 6.09 Å². The van der Waals surface area contributed by atoms with Crippen LogP contribution in [0.15, 0.2) is 29.8 Å². The highest BCUT2D eigenvalue weighted by Gasteiger charge is 2.57. The Kier molecular flexibility index (Phi) is 10.7. The summed E-state index contributed by atoms with van der Waals surface area (Å²) in [6.07, 6.45) is 12.4. The number of fused-ring (bicyclic) bond motifs is 8. The molecule has 4 aliphatic rings.